The van der Waals surface area contributed by atoms with Gasteiger partial charge in [-0.05, 0) is 48.4 Å². The summed E-state index contributed by atoms with van der Waals surface area (Å²) in [7, 11) is 0. The number of hydrogen-bond acceptors (Lipinski definition) is 5. The zero-order valence-electron chi connectivity index (χ0n) is 17.0. The van der Waals surface area contributed by atoms with Crippen LogP contribution in [0.3, 0.4) is 0 Å². The highest BCUT2D eigenvalue weighted by molar-refractivity contribution is 7.99. The molecule has 1 N–H and O–H groups in total. The van der Waals surface area contributed by atoms with E-state index in [-0.39, 0.29) is 17.4 Å². The van der Waals surface area contributed by atoms with Gasteiger partial charge in [0.1, 0.15) is 5.75 Å². The lowest BCUT2D eigenvalue weighted by Gasteiger charge is -2.09. The van der Waals surface area contributed by atoms with E-state index >= 15 is 0 Å². The minimum absolute atomic E-state index is 0.103. The summed E-state index contributed by atoms with van der Waals surface area (Å²) >= 11 is 7.24. The normalized spacial score (nSPS) is 10.9. The number of benzene rings is 2. The molecule has 3 aromatic rings. The number of halogens is 3. The van der Waals surface area contributed by atoms with Gasteiger partial charge in [-0.15, -0.1) is 16.8 Å². The molecule has 1 heterocycles. The zero-order valence-corrected chi connectivity index (χ0v) is 18.6. The van der Waals surface area contributed by atoms with Crippen LogP contribution in [-0.2, 0) is 17.8 Å². The molecule has 0 aliphatic heterocycles. The Morgan fingerprint density at radius 1 is 1.19 bits per heavy atom. The van der Waals surface area contributed by atoms with Crippen molar-refractivity contribution in [1.29, 1.82) is 0 Å². The lowest BCUT2D eigenvalue weighted by molar-refractivity contribution is -0.118. The smallest absolute Gasteiger partial charge is 0.387 e. The lowest BCUT2D eigenvalue weighted by Crippen LogP contribution is -2.27. The van der Waals surface area contributed by atoms with E-state index in [1.807, 2.05) is 16.7 Å². The van der Waals surface area contributed by atoms with E-state index < -0.39 is 6.61 Å². The van der Waals surface area contributed by atoms with Crippen molar-refractivity contribution in [1.82, 2.24) is 20.1 Å². The van der Waals surface area contributed by atoms with Gasteiger partial charge in [-0.3, -0.25) is 9.36 Å². The first-order valence-electron chi connectivity index (χ1n) is 9.69. The standard InChI is InChI=1S/C22H21ClF2N4O2S/c1-2-13-29-20(16-5-7-17(23)8-6-16)27-28-22(29)32-14-19(30)26-12-11-15-3-9-18(10-4-15)31-21(24)25/h2-10,21H,1,11-14H2,(H,26,30). The van der Waals surface area contributed by atoms with Crippen LogP contribution in [0, 0.1) is 0 Å². The number of thioether (sulfide) groups is 1. The first-order chi connectivity index (χ1) is 15.5. The fourth-order valence-electron chi connectivity index (χ4n) is 2.87. The maximum atomic E-state index is 12.2. The van der Waals surface area contributed by atoms with Gasteiger partial charge >= 0.3 is 6.61 Å². The van der Waals surface area contributed by atoms with Gasteiger partial charge in [0.25, 0.3) is 0 Å². The molecule has 2 aromatic carbocycles. The van der Waals surface area contributed by atoms with Crippen LogP contribution in [0.5, 0.6) is 5.75 Å². The average molecular weight is 479 g/mol. The molecule has 3 rings (SSSR count). The number of nitrogens with zero attached hydrogens (tertiary/aromatic N) is 3. The number of nitrogens with one attached hydrogen (secondary N) is 1. The number of allylic oxidation sites excluding steroid dienone is 1. The zero-order chi connectivity index (χ0) is 22.9. The first-order valence-corrected chi connectivity index (χ1v) is 11.1. The van der Waals surface area contributed by atoms with Crippen LogP contribution in [0.15, 0.2) is 66.3 Å². The molecule has 1 aromatic heterocycles. The van der Waals surface area contributed by atoms with E-state index in [0.29, 0.717) is 35.5 Å². The van der Waals surface area contributed by atoms with E-state index in [1.165, 1.54) is 23.9 Å². The Morgan fingerprint density at radius 3 is 2.56 bits per heavy atom. The van der Waals surface area contributed by atoms with E-state index in [9.17, 15) is 13.6 Å². The number of amides is 1. The predicted octanol–water partition coefficient (Wildman–Crippen LogP) is 4.84. The molecular weight excluding hydrogens is 458 g/mol. The minimum atomic E-state index is -2.85. The van der Waals surface area contributed by atoms with Gasteiger partial charge in [-0.2, -0.15) is 8.78 Å². The molecule has 0 atom stereocenters. The van der Waals surface area contributed by atoms with Gasteiger partial charge in [0.2, 0.25) is 5.91 Å². The number of aromatic nitrogens is 3. The van der Waals surface area contributed by atoms with Crippen molar-refractivity contribution in [2.24, 2.45) is 0 Å². The molecule has 6 nitrogen and oxygen atoms in total. The average Bonchev–Trinajstić information content (AvgIpc) is 3.16. The highest BCUT2D eigenvalue weighted by Gasteiger charge is 2.15. The third-order valence-corrected chi connectivity index (χ3v) is 5.57. The molecule has 32 heavy (non-hydrogen) atoms. The number of rotatable bonds is 11. The third kappa shape index (κ3) is 6.80. The van der Waals surface area contributed by atoms with Gasteiger partial charge in [0.15, 0.2) is 11.0 Å². The van der Waals surface area contributed by atoms with Crippen molar-refractivity contribution in [3.8, 4) is 17.1 Å². The summed E-state index contributed by atoms with van der Waals surface area (Å²) in [5.74, 6) is 0.806. The molecule has 1 amide bonds. The Hall–Kier alpha value is -2.91. The molecule has 0 saturated heterocycles. The monoisotopic (exact) mass is 478 g/mol. The molecular formula is C22H21ClF2N4O2S. The van der Waals surface area contributed by atoms with Crippen LogP contribution < -0.4 is 10.1 Å². The molecule has 0 saturated carbocycles. The van der Waals surface area contributed by atoms with Crippen LogP contribution in [-0.4, -0.2) is 39.6 Å². The van der Waals surface area contributed by atoms with Gasteiger partial charge < -0.3 is 10.1 Å². The highest BCUT2D eigenvalue weighted by Crippen LogP contribution is 2.25. The maximum absolute atomic E-state index is 12.2. The highest BCUT2D eigenvalue weighted by atomic mass is 35.5. The summed E-state index contributed by atoms with van der Waals surface area (Å²) in [6, 6.07) is 13.6. The van der Waals surface area contributed by atoms with Crippen molar-refractivity contribution < 1.29 is 18.3 Å². The molecule has 0 fully saturated rings. The summed E-state index contributed by atoms with van der Waals surface area (Å²) in [6.45, 7) is 1.85. The summed E-state index contributed by atoms with van der Waals surface area (Å²) in [4.78, 5) is 12.2. The molecule has 0 aliphatic carbocycles. The number of carbonyl (C=O) groups excluding carboxylic acids is 1. The van der Waals surface area contributed by atoms with Crippen molar-refractivity contribution >= 4 is 29.3 Å². The molecule has 10 heteroatoms. The summed E-state index contributed by atoms with van der Waals surface area (Å²) in [5.41, 5.74) is 1.77. The Labute approximate surface area is 193 Å². The van der Waals surface area contributed by atoms with Crippen molar-refractivity contribution in [3.63, 3.8) is 0 Å². The van der Waals surface area contributed by atoms with Crippen LogP contribution >= 0.6 is 23.4 Å². The van der Waals surface area contributed by atoms with Crippen molar-refractivity contribution in [2.75, 3.05) is 12.3 Å². The summed E-state index contributed by atoms with van der Waals surface area (Å²) in [5, 5.41) is 12.5. The Morgan fingerprint density at radius 2 is 1.91 bits per heavy atom. The molecule has 0 aliphatic rings. The van der Waals surface area contributed by atoms with Crippen LogP contribution in [0.1, 0.15) is 5.56 Å². The second kappa shape index (κ2) is 11.6. The molecule has 0 spiro atoms. The van der Waals surface area contributed by atoms with Gasteiger partial charge in [0, 0.05) is 23.7 Å². The Kier molecular flexibility index (Phi) is 8.64. The quantitative estimate of drug-likeness (QED) is 0.315. The molecule has 168 valence electrons. The number of alkyl halides is 2. The first kappa shape index (κ1) is 23.7. The summed E-state index contributed by atoms with van der Waals surface area (Å²) < 4.78 is 30.6. The van der Waals surface area contributed by atoms with Crippen LogP contribution in [0.2, 0.25) is 5.02 Å². The fourth-order valence-corrected chi connectivity index (χ4v) is 3.77. The maximum Gasteiger partial charge on any atom is 0.387 e. The fraction of sp³-hybridized carbons (Fsp3) is 0.227. The third-order valence-electron chi connectivity index (χ3n) is 4.35. The Balaban J connectivity index is 1.51. The van der Waals surface area contributed by atoms with E-state index in [0.717, 1.165) is 11.1 Å². The molecule has 0 bridgehead atoms. The van der Waals surface area contributed by atoms with E-state index in [4.69, 9.17) is 11.6 Å². The van der Waals surface area contributed by atoms with Crippen LogP contribution in [0.25, 0.3) is 11.4 Å². The second-order valence-electron chi connectivity index (χ2n) is 6.62. The largest absolute Gasteiger partial charge is 0.435 e. The second-order valence-corrected chi connectivity index (χ2v) is 8.00. The lowest BCUT2D eigenvalue weighted by atomic mass is 10.1. The van der Waals surface area contributed by atoms with Gasteiger partial charge in [0.05, 0.1) is 5.75 Å². The van der Waals surface area contributed by atoms with E-state index in [1.54, 1.807) is 30.3 Å². The van der Waals surface area contributed by atoms with Crippen molar-refractivity contribution in [3.05, 3.63) is 71.8 Å². The van der Waals surface area contributed by atoms with Crippen LogP contribution in [0.4, 0.5) is 8.78 Å². The summed E-state index contributed by atoms with van der Waals surface area (Å²) in [6.07, 6.45) is 2.31. The Bertz CT molecular complexity index is 1040. The molecule has 0 radical (unpaired) electrons. The minimum Gasteiger partial charge on any atom is -0.435 e. The van der Waals surface area contributed by atoms with E-state index in [2.05, 4.69) is 26.8 Å². The predicted molar refractivity (Wildman–Crippen MR) is 121 cm³/mol. The number of ether oxygens (including phenoxy) is 1. The SMILES string of the molecule is C=CCn1c(SCC(=O)NCCc2ccc(OC(F)F)cc2)nnc1-c1ccc(Cl)cc1. The number of carbonyl (C=O) groups is 1. The molecule has 0 unspecified atom stereocenters. The topological polar surface area (TPSA) is 69.0 Å². The van der Waals surface area contributed by atoms with Gasteiger partial charge in [-0.25, -0.2) is 0 Å². The number of hydrogen-bond donors (Lipinski definition) is 1. The van der Waals surface area contributed by atoms with Crippen molar-refractivity contribution in [2.45, 2.75) is 24.7 Å². The van der Waals surface area contributed by atoms with Gasteiger partial charge in [-0.1, -0.05) is 41.6 Å².